The number of rotatable bonds is 3. The zero-order valence-corrected chi connectivity index (χ0v) is 12.8. The summed E-state index contributed by atoms with van der Waals surface area (Å²) in [7, 11) is 0. The fourth-order valence-electron chi connectivity index (χ4n) is 3.07. The Morgan fingerprint density at radius 1 is 1.35 bits per heavy atom. The van der Waals surface area contributed by atoms with Crippen molar-refractivity contribution in [3.63, 3.8) is 0 Å². The molecule has 0 bridgehead atoms. The van der Waals surface area contributed by atoms with Crippen LogP contribution >= 0.6 is 11.6 Å². The van der Waals surface area contributed by atoms with Gasteiger partial charge in [0.05, 0.1) is 11.6 Å². The highest BCUT2D eigenvalue weighted by molar-refractivity contribution is 6.17. The Balaban J connectivity index is 1.94. The second kappa shape index (κ2) is 5.62. The highest BCUT2D eigenvalue weighted by Gasteiger charge is 2.26. The normalized spacial score (nSPS) is 20.8. The third kappa shape index (κ3) is 2.27. The number of pyridine rings is 1. The second-order valence-electron chi connectivity index (χ2n) is 5.37. The van der Waals surface area contributed by atoms with Crippen molar-refractivity contribution < 1.29 is 0 Å². The van der Waals surface area contributed by atoms with E-state index in [0.29, 0.717) is 11.9 Å². The first-order valence-corrected chi connectivity index (χ1v) is 7.79. The number of fused-ring (bicyclic) bond motifs is 1. The lowest BCUT2D eigenvalue weighted by atomic mass is 10.2. The molecule has 1 aliphatic heterocycles. The topological polar surface area (TPSA) is 23.8 Å². The van der Waals surface area contributed by atoms with E-state index >= 15 is 0 Å². The molecule has 0 N–H and O–H groups in total. The summed E-state index contributed by atoms with van der Waals surface area (Å²) >= 11 is 6.17. The summed E-state index contributed by atoms with van der Waals surface area (Å²) in [6.07, 6.45) is 2.04. The summed E-state index contributed by atoms with van der Waals surface area (Å²) in [6, 6.07) is 6.63. The van der Waals surface area contributed by atoms with Crippen LogP contribution in [-0.2, 0) is 5.88 Å². The van der Waals surface area contributed by atoms with Crippen LogP contribution in [0.25, 0.3) is 5.65 Å². The van der Waals surface area contributed by atoms with E-state index in [1.54, 1.807) is 0 Å². The van der Waals surface area contributed by atoms with Crippen molar-refractivity contribution in [2.45, 2.75) is 25.8 Å². The maximum atomic E-state index is 6.17. The number of hydrogen-bond acceptors (Lipinski definition) is 3. The third-order valence-corrected chi connectivity index (χ3v) is 4.46. The zero-order valence-electron chi connectivity index (χ0n) is 12.1. The second-order valence-corrected chi connectivity index (χ2v) is 5.64. The van der Waals surface area contributed by atoms with Gasteiger partial charge in [0.1, 0.15) is 5.65 Å². The van der Waals surface area contributed by atoms with Crippen LogP contribution < -0.4 is 4.90 Å². The van der Waals surface area contributed by atoms with Gasteiger partial charge in [-0.25, -0.2) is 4.98 Å². The molecule has 20 heavy (non-hydrogen) atoms. The summed E-state index contributed by atoms with van der Waals surface area (Å²) in [4.78, 5) is 9.66. The first-order valence-electron chi connectivity index (χ1n) is 7.25. The van der Waals surface area contributed by atoms with E-state index in [1.807, 2.05) is 24.4 Å². The summed E-state index contributed by atoms with van der Waals surface area (Å²) in [5.41, 5.74) is 2.07. The lowest BCUT2D eigenvalue weighted by Gasteiger charge is -2.39. The predicted octanol–water partition coefficient (Wildman–Crippen LogP) is 2.60. The maximum Gasteiger partial charge on any atom is 0.152 e. The first-order chi connectivity index (χ1) is 9.74. The fraction of sp³-hybridized carbons (Fsp3) is 0.533. The van der Waals surface area contributed by atoms with E-state index in [9.17, 15) is 0 Å². The molecular formula is C15H21ClN4. The monoisotopic (exact) mass is 292 g/mol. The van der Waals surface area contributed by atoms with Gasteiger partial charge < -0.3 is 9.30 Å². The molecule has 108 valence electrons. The molecule has 1 fully saturated rings. The van der Waals surface area contributed by atoms with E-state index in [-0.39, 0.29) is 0 Å². The van der Waals surface area contributed by atoms with Crippen LogP contribution in [0, 0.1) is 0 Å². The van der Waals surface area contributed by atoms with Crippen LogP contribution in [-0.4, -0.2) is 46.5 Å². The van der Waals surface area contributed by atoms with Crippen LogP contribution in [0.4, 0.5) is 5.82 Å². The molecule has 0 spiro atoms. The number of hydrogen-bond donors (Lipinski definition) is 0. The SMILES string of the molecule is CCN1CCN(c2nc3ccccn3c2CCl)CC1C. The zero-order chi connectivity index (χ0) is 14.1. The van der Waals surface area contributed by atoms with E-state index in [0.717, 1.165) is 43.3 Å². The first kappa shape index (κ1) is 13.7. The minimum Gasteiger partial charge on any atom is -0.352 e. The largest absolute Gasteiger partial charge is 0.352 e. The Kier molecular flexibility index (Phi) is 3.85. The van der Waals surface area contributed by atoms with E-state index in [1.165, 1.54) is 0 Å². The number of halogens is 1. The van der Waals surface area contributed by atoms with Crippen molar-refractivity contribution in [2.24, 2.45) is 0 Å². The maximum absolute atomic E-state index is 6.17. The van der Waals surface area contributed by atoms with Gasteiger partial charge in [-0.05, 0) is 25.6 Å². The molecule has 1 atom stereocenters. The van der Waals surface area contributed by atoms with Gasteiger partial charge in [-0.2, -0.15) is 0 Å². The smallest absolute Gasteiger partial charge is 0.152 e. The van der Waals surface area contributed by atoms with Crippen LogP contribution in [0.5, 0.6) is 0 Å². The number of anilines is 1. The fourth-order valence-corrected chi connectivity index (χ4v) is 3.32. The molecule has 3 heterocycles. The molecule has 0 radical (unpaired) electrons. The Bertz CT molecular complexity index is 595. The molecule has 1 saturated heterocycles. The Morgan fingerprint density at radius 2 is 2.20 bits per heavy atom. The molecule has 4 nitrogen and oxygen atoms in total. The van der Waals surface area contributed by atoms with E-state index in [2.05, 4.69) is 28.0 Å². The molecule has 1 aliphatic rings. The summed E-state index contributed by atoms with van der Waals surface area (Å²) in [5, 5.41) is 0. The van der Waals surface area contributed by atoms with Crippen LogP contribution in [0.15, 0.2) is 24.4 Å². The molecule has 0 aromatic carbocycles. The number of likely N-dealkylation sites (N-methyl/N-ethyl adjacent to an activating group) is 1. The van der Waals surface area contributed by atoms with Crippen molar-refractivity contribution in [3.8, 4) is 0 Å². The number of nitrogens with zero attached hydrogens (tertiary/aromatic N) is 4. The molecule has 3 rings (SSSR count). The van der Waals surface area contributed by atoms with Crippen molar-refractivity contribution in [2.75, 3.05) is 31.1 Å². The van der Waals surface area contributed by atoms with Crippen molar-refractivity contribution in [1.82, 2.24) is 14.3 Å². The van der Waals surface area contributed by atoms with Crippen LogP contribution in [0.3, 0.4) is 0 Å². The van der Waals surface area contributed by atoms with Gasteiger partial charge in [-0.3, -0.25) is 4.90 Å². The van der Waals surface area contributed by atoms with E-state index < -0.39 is 0 Å². The van der Waals surface area contributed by atoms with Gasteiger partial charge in [0.2, 0.25) is 0 Å². The minimum absolute atomic E-state index is 0.489. The lowest BCUT2D eigenvalue weighted by Crippen LogP contribution is -2.52. The highest BCUT2D eigenvalue weighted by Crippen LogP contribution is 2.25. The third-order valence-electron chi connectivity index (χ3n) is 4.21. The summed E-state index contributed by atoms with van der Waals surface area (Å²) < 4.78 is 2.10. The number of aromatic nitrogens is 2. The molecule has 0 aliphatic carbocycles. The average Bonchev–Trinajstić information content (AvgIpc) is 2.85. The standard InChI is InChI=1S/C15H21ClN4/c1-3-18-8-9-19(11-12(18)2)15-13(10-16)20-7-5-4-6-14(20)17-15/h4-7,12H,3,8-11H2,1-2H3. The molecular weight excluding hydrogens is 272 g/mol. The van der Waals surface area contributed by atoms with Gasteiger partial charge in [-0.15, -0.1) is 11.6 Å². The lowest BCUT2D eigenvalue weighted by molar-refractivity contribution is 0.199. The van der Waals surface area contributed by atoms with E-state index in [4.69, 9.17) is 16.6 Å². The van der Waals surface area contributed by atoms with Gasteiger partial charge in [0.15, 0.2) is 5.82 Å². The molecule has 0 amide bonds. The number of imidazole rings is 1. The summed E-state index contributed by atoms with van der Waals surface area (Å²) in [5.74, 6) is 1.54. The van der Waals surface area contributed by atoms with Crippen molar-refractivity contribution in [3.05, 3.63) is 30.1 Å². The Hall–Kier alpha value is -1.26. The highest BCUT2D eigenvalue weighted by atomic mass is 35.5. The molecule has 2 aromatic heterocycles. The van der Waals surface area contributed by atoms with Crippen molar-refractivity contribution >= 4 is 23.1 Å². The Morgan fingerprint density at radius 3 is 2.90 bits per heavy atom. The summed E-state index contributed by atoms with van der Waals surface area (Å²) in [6.45, 7) is 8.75. The van der Waals surface area contributed by atoms with Crippen molar-refractivity contribution in [1.29, 1.82) is 0 Å². The van der Waals surface area contributed by atoms with Gasteiger partial charge >= 0.3 is 0 Å². The van der Waals surface area contributed by atoms with Gasteiger partial charge in [0.25, 0.3) is 0 Å². The molecule has 1 unspecified atom stereocenters. The number of alkyl halides is 1. The molecule has 2 aromatic rings. The molecule has 0 saturated carbocycles. The van der Waals surface area contributed by atoms with Crippen LogP contribution in [0.1, 0.15) is 19.5 Å². The average molecular weight is 293 g/mol. The predicted molar refractivity (Wildman–Crippen MR) is 83.7 cm³/mol. The van der Waals surface area contributed by atoms with Gasteiger partial charge in [0, 0.05) is 31.9 Å². The quantitative estimate of drug-likeness (QED) is 0.813. The molecule has 5 heteroatoms. The van der Waals surface area contributed by atoms with Gasteiger partial charge in [-0.1, -0.05) is 13.0 Å². The number of piperazine rings is 1. The Labute approximate surface area is 125 Å². The minimum atomic E-state index is 0.489. The van der Waals surface area contributed by atoms with Crippen LogP contribution in [0.2, 0.25) is 0 Å².